The zero-order chi connectivity index (χ0) is 17.3. The lowest BCUT2D eigenvalue weighted by molar-refractivity contribution is -0.137. The topological polar surface area (TPSA) is 29.1 Å². The first-order valence-corrected chi connectivity index (χ1v) is 7.50. The zero-order valence-electron chi connectivity index (χ0n) is 12.3. The van der Waals surface area contributed by atoms with Gasteiger partial charge in [-0.05, 0) is 47.2 Å². The molecule has 24 heavy (non-hydrogen) atoms. The van der Waals surface area contributed by atoms with Crippen molar-refractivity contribution in [2.45, 2.75) is 11.1 Å². The van der Waals surface area contributed by atoms with E-state index in [-0.39, 0.29) is 5.69 Å². The molecule has 0 saturated carbocycles. The smallest absolute Gasteiger partial charge is 0.322 e. The van der Waals surface area contributed by atoms with Gasteiger partial charge in [-0.1, -0.05) is 24.3 Å². The number of alkyl halides is 3. The summed E-state index contributed by atoms with van der Waals surface area (Å²) in [6.45, 7) is 0. The van der Waals surface area contributed by atoms with Gasteiger partial charge in [0.15, 0.2) is 0 Å². The summed E-state index contributed by atoms with van der Waals surface area (Å²) in [5, 5.41) is 4.06. The molecule has 0 radical (unpaired) electrons. The van der Waals surface area contributed by atoms with Crippen molar-refractivity contribution < 1.29 is 18.0 Å². The maximum atomic E-state index is 12.8. The number of thiol groups is 1. The van der Waals surface area contributed by atoms with Crippen LogP contribution in [0.3, 0.4) is 0 Å². The molecular formula is C18H12F3NOS. The Labute approximate surface area is 141 Å². The largest absolute Gasteiger partial charge is 0.416 e. The van der Waals surface area contributed by atoms with Gasteiger partial charge >= 0.3 is 6.18 Å². The molecule has 6 heteroatoms. The first-order valence-electron chi connectivity index (χ1n) is 7.05. The van der Waals surface area contributed by atoms with Crippen molar-refractivity contribution in [3.05, 3.63) is 71.8 Å². The maximum Gasteiger partial charge on any atom is 0.416 e. The summed E-state index contributed by atoms with van der Waals surface area (Å²) in [5.41, 5.74) is -0.325. The Balaban J connectivity index is 1.94. The molecule has 3 aromatic carbocycles. The molecule has 0 bridgehead atoms. The minimum absolute atomic E-state index is 0.0950. The summed E-state index contributed by atoms with van der Waals surface area (Å²) in [6, 6.07) is 15.1. The summed E-state index contributed by atoms with van der Waals surface area (Å²) in [6.07, 6.45) is -4.46. The van der Waals surface area contributed by atoms with Crippen LogP contribution in [0.1, 0.15) is 15.9 Å². The molecule has 0 spiro atoms. The number of rotatable bonds is 2. The van der Waals surface area contributed by atoms with Crippen LogP contribution in [0.2, 0.25) is 0 Å². The molecule has 0 aliphatic carbocycles. The lowest BCUT2D eigenvalue weighted by Gasteiger charge is -2.11. The Bertz CT molecular complexity index is 922. The number of anilines is 1. The number of hydrogen-bond donors (Lipinski definition) is 2. The second kappa shape index (κ2) is 6.20. The molecule has 0 unspecified atom stereocenters. The fourth-order valence-corrected chi connectivity index (χ4v) is 2.65. The molecule has 2 nitrogen and oxygen atoms in total. The number of carbonyl (C=O) groups excluding carboxylic acids is 1. The summed E-state index contributed by atoms with van der Waals surface area (Å²) in [7, 11) is 0. The second-order valence-corrected chi connectivity index (χ2v) is 5.76. The number of amides is 1. The van der Waals surface area contributed by atoms with Crippen LogP contribution in [0, 0.1) is 0 Å². The second-order valence-electron chi connectivity index (χ2n) is 5.24. The van der Waals surface area contributed by atoms with Crippen molar-refractivity contribution in [3.63, 3.8) is 0 Å². The van der Waals surface area contributed by atoms with Gasteiger partial charge in [-0.2, -0.15) is 13.2 Å². The Morgan fingerprint density at radius 2 is 1.71 bits per heavy atom. The lowest BCUT2D eigenvalue weighted by atomic mass is 10.0. The average molecular weight is 347 g/mol. The highest BCUT2D eigenvalue weighted by atomic mass is 32.1. The number of carbonyl (C=O) groups is 1. The van der Waals surface area contributed by atoms with Crippen LogP contribution in [-0.4, -0.2) is 5.91 Å². The Hall–Kier alpha value is -2.47. The molecule has 1 N–H and O–H groups in total. The number of nitrogens with one attached hydrogen (secondary N) is 1. The maximum absolute atomic E-state index is 12.8. The van der Waals surface area contributed by atoms with Crippen molar-refractivity contribution in [1.29, 1.82) is 0 Å². The van der Waals surface area contributed by atoms with E-state index in [2.05, 4.69) is 17.9 Å². The minimum Gasteiger partial charge on any atom is -0.322 e. The fourth-order valence-electron chi connectivity index (χ4n) is 2.44. The van der Waals surface area contributed by atoms with Crippen LogP contribution < -0.4 is 5.32 Å². The summed E-state index contributed by atoms with van der Waals surface area (Å²) >= 11 is 4.26. The van der Waals surface area contributed by atoms with Crippen molar-refractivity contribution >= 4 is 35.0 Å². The Morgan fingerprint density at radius 1 is 0.958 bits per heavy atom. The van der Waals surface area contributed by atoms with Gasteiger partial charge in [0.2, 0.25) is 0 Å². The van der Waals surface area contributed by atoms with Crippen LogP contribution >= 0.6 is 12.6 Å². The van der Waals surface area contributed by atoms with E-state index in [4.69, 9.17) is 0 Å². The van der Waals surface area contributed by atoms with Crippen LogP contribution in [0.4, 0.5) is 18.9 Å². The molecule has 0 aliphatic heterocycles. The summed E-state index contributed by atoms with van der Waals surface area (Å²) < 4.78 is 38.3. The quantitative estimate of drug-likeness (QED) is 0.597. The van der Waals surface area contributed by atoms with Crippen molar-refractivity contribution in [2.75, 3.05) is 5.32 Å². The first kappa shape index (κ1) is 16.4. The van der Waals surface area contributed by atoms with Gasteiger partial charge in [-0.25, -0.2) is 0 Å². The molecule has 0 aromatic heterocycles. The third-order valence-corrected chi connectivity index (χ3v) is 3.83. The van der Waals surface area contributed by atoms with Crippen molar-refractivity contribution in [3.8, 4) is 0 Å². The van der Waals surface area contributed by atoms with E-state index in [9.17, 15) is 18.0 Å². The molecule has 1 amide bonds. The van der Waals surface area contributed by atoms with E-state index in [0.29, 0.717) is 10.9 Å². The first-order chi connectivity index (χ1) is 11.3. The van der Waals surface area contributed by atoms with Gasteiger partial charge < -0.3 is 5.32 Å². The van der Waals surface area contributed by atoms with Crippen molar-refractivity contribution in [2.24, 2.45) is 0 Å². The Kier molecular flexibility index (Phi) is 4.24. The predicted molar refractivity (Wildman–Crippen MR) is 90.6 cm³/mol. The standard InChI is InChI=1S/C18H12F3NOS/c19-18(20,21)12-4-2-5-13(10-12)22-17(23)16-6-1-3-11-9-14(24)7-8-15(11)16/h1-10,24H,(H,22,23). The molecule has 3 aromatic rings. The van der Waals surface area contributed by atoms with Gasteiger partial charge in [0.1, 0.15) is 0 Å². The van der Waals surface area contributed by atoms with Gasteiger partial charge in [0, 0.05) is 16.1 Å². The number of benzene rings is 3. The van der Waals surface area contributed by atoms with E-state index in [1.54, 1.807) is 24.3 Å². The molecule has 122 valence electrons. The SMILES string of the molecule is O=C(Nc1cccc(C(F)(F)F)c1)c1cccc2cc(S)ccc12. The molecule has 0 saturated heterocycles. The third-order valence-electron chi connectivity index (χ3n) is 3.56. The van der Waals surface area contributed by atoms with Crippen molar-refractivity contribution in [1.82, 2.24) is 0 Å². The number of fused-ring (bicyclic) bond motifs is 1. The van der Waals surface area contributed by atoms with Gasteiger partial charge in [-0.3, -0.25) is 4.79 Å². The predicted octanol–water partition coefficient (Wildman–Crippen LogP) is 5.40. The molecule has 0 fully saturated rings. The average Bonchev–Trinajstić information content (AvgIpc) is 2.53. The van der Waals surface area contributed by atoms with E-state index in [0.717, 1.165) is 22.4 Å². The normalized spacial score (nSPS) is 11.5. The molecule has 3 rings (SSSR count). The highest BCUT2D eigenvalue weighted by Gasteiger charge is 2.30. The molecule has 0 atom stereocenters. The lowest BCUT2D eigenvalue weighted by Crippen LogP contribution is -2.13. The van der Waals surface area contributed by atoms with E-state index >= 15 is 0 Å². The third kappa shape index (κ3) is 3.38. The summed E-state index contributed by atoms with van der Waals surface area (Å²) in [5.74, 6) is -0.466. The molecule has 0 aliphatic rings. The van der Waals surface area contributed by atoms with Crippen LogP contribution in [0.15, 0.2) is 65.6 Å². The van der Waals surface area contributed by atoms with Crippen LogP contribution in [0.5, 0.6) is 0 Å². The Morgan fingerprint density at radius 3 is 2.46 bits per heavy atom. The highest BCUT2D eigenvalue weighted by molar-refractivity contribution is 7.80. The zero-order valence-corrected chi connectivity index (χ0v) is 13.2. The van der Waals surface area contributed by atoms with Crippen LogP contribution in [0.25, 0.3) is 10.8 Å². The van der Waals surface area contributed by atoms with Gasteiger partial charge in [-0.15, -0.1) is 12.6 Å². The highest BCUT2D eigenvalue weighted by Crippen LogP contribution is 2.31. The van der Waals surface area contributed by atoms with Gasteiger partial charge in [0.25, 0.3) is 5.91 Å². The molecule has 0 heterocycles. The minimum atomic E-state index is -4.46. The van der Waals surface area contributed by atoms with E-state index < -0.39 is 17.6 Å². The number of hydrogen-bond acceptors (Lipinski definition) is 2. The molecular weight excluding hydrogens is 335 g/mol. The summed E-state index contributed by atoms with van der Waals surface area (Å²) in [4.78, 5) is 13.2. The fraction of sp³-hybridized carbons (Fsp3) is 0.0556. The van der Waals surface area contributed by atoms with E-state index in [1.165, 1.54) is 12.1 Å². The monoisotopic (exact) mass is 347 g/mol. The van der Waals surface area contributed by atoms with Gasteiger partial charge in [0.05, 0.1) is 5.56 Å². The van der Waals surface area contributed by atoms with Crippen LogP contribution in [-0.2, 0) is 6.18 Å². The number of halogens is 3. The van der Waals surface area contributed by atoms with E-state index in [1.807, 2.05) is 12.1 Å².